The van der Waals surface area contributed by atoms with Gasteiger partial charge in [0.05, 0.1) is 16.1 Å². The highest BCUT2D eigenvalue weighted by molar-refractivity contribution is 6.36. The summed E-state index contributed by atoms with van der Waals surface area (Å²) in [7, 11) is 0. The Kier molecular flexibility index (Phi) is 7.33. The summed E-state index contributed by atoms with van der Waals surface area (Å²) in [6.07, 6.45) is 4.42. The van der Waals surface area contributed by atoms with Crippen LogP contribution in [-0.4, -0.2) is 34.4 Å². The first-order valence-corrected chi connectivity index (χ1v) is 12.7. The van der Waals surface area contributed by atoms with Crippen LogP contribution in [0.1, 0.15) is 34.3 Å². The van der Waals surface area contributed by atoms with Crippen LogP contribution in [0.3, 0.4) is 0 Å². The molecular formula is C29H27Cl2N3O. The van der Waals surface area contributed by atoms with Gasteiger partial charge in [0.25, 0.3) is 5.91 Å². The third-order valence-corrected chi connectivity index (χ3v) is 7.32. The van der Waals surface area contributed by atoms with E-state index in [2.05, 4.69) is 40.6 Å². The Bertz CT molecular complexity index is 1320. The Labute approximate surface area is 215 Å². The fraction of sp³-hybridized carbons (Fsp3) is 0.241. The molecule has 5 rings (SSSR count). The fourth-order valence-corrected chi connectivity index (χ4v) is 5.45. The van der Waals surface area contributed by atoms with E-state index >= 15 is 0 Å². The zero-order valence-corrected chi connectivity index (χ0v) is 20.8. The minimum absolute atomic E-state index is 0.0359. The van der Waals surface area contributed by atoms with E-state index in [4.69, 9.17) is 23.2 Å². The molecule has 0 saturated carbocycles. The summed E-state index contributed by atoms with van der Waals surface area (Å²) in [6.45, 7) is 1.44. The molecule has 4 aromatic rings. The third kappa shape index (κ3) is 5.51. The normalized spacial score (nSPS) is 18.1. The summed E-state index contributed by atoms with van der Waals surface area (Å²) < 4.78 is 0. The first kappa shape index (κ1) is 23.8. The maximum atomic E-state index is 13.5. The molecule has 1 aliphatic rings. The van der Waals surface area contributed by atoms with Gasteiger partial charge in [0.2, 0.25) is 0 Å². The van der Waals surface area contributed by atoms with Crippen LogP contribution in [0.4, 0.5) is 0 Å². The average Bonchev–Trinajstić information content (AvgIpc) is 2.88. The first-order chi connectivity index (χ1) is 17.1. The van der Waals surface area contributed by atoms with Crippen LogP contribution in [0.25, 0.3) is 10.9 Å². The molecule has 1 N–H and O–H groups in total. The molecule has 4 nitrogen and oxygen atoms in total. The molecule has 0 bridgehead atoms. The maximum absolute atomic E-state index is 13.5. The predicted molar refractivity (Wildman–Crippen MR) is 143 cm³/mol. The quantitative estimate of drug-likeness (QED) is 0.324. The summed E-state index contributed by atoms with van der Waals surface area (Å²) in [5.74, 6) is -0.0359. The Morgan fingerprint density at radius 3 is 2.63 bits per heavy atom. The smallest absolute Gasteiger partial charge is 0.255 e. The highest BCUT2D eigenvalue weighted by Gasteiger charge is 2.33. The molecule has 1 aromatic heterocycles. The second-order valence-electron chi connectivity index (χ2n) is 9.06. The molecule has 0 aliphatic carbocycles. The lowest BCUT2D eigenvalue weighted by atomic mass is 9.91. The summed E-state index contributed by atoms with van der Waals surface area (Å²) in [5.41, 5.74) is 3.97. The van der Waals surface area contributed by atoms with Gasteiger partial charge in [0, 0.05) is 41.8 Å². The van der Waals surface area contributed by atoms with E-state index in [1.54, 1.807) is 18.2 Å². The number of piperidine rings is 1. The number of nitrogens with one attached hydrogen (secondary N) is 1. The van der Waals surface area contributed by atoms with Crippen molar-refractivity contribution in [1.82, 2.24) is 15.2 Å². The number of amides is 1. The van der Waals surface area contributed by atoms with Crippen molar-refractivity contribution in [3.8, 4) is 0 Å². The number of halogens is 2. The molecule has 1 aliphatic heterocycles. The monoisotopic (exact) mass is 503 g/mol. The van der Waals surface area contributed by atoms with Crippen LogP contribution in [0.2, 0.25) is 10.0 Å². The van der Waals surface area contributed by atoms with Crippen molar-refractivity contribution in [3.63, 3.8) is 0 Å². The highest BCUT2D eigenvalue weighted by atomic mass is 35.5. The number of hydrogen-bond donors (Lipinski definition) is 1. The van der Waals surface area contributed by atoms with Crippen LogP contribution in [-0.2, 0) is 13.0 Å². The number of aromatic nitrogens is 1. The Balaban J connectivity index is 1.34. The number of likely N-dealkylation sites (tertiary alicyclic amines) is 1. The molecule has 0 unspecified atom stereocenters. The van der Waals surface area contributed by atoms with Gasteiger partial charge in [-0.15, -0.1) is 0 Å². The molecular weight excluding hydrogens is 477 g/mol. The Hall–Kier alpha value is -2.92. The van der Waals surface area contributed by atoms with E-state index in [9.17, 15) is 4.79 Å². The molecule has 2 atom stereocenters. The number of pyridine rings is 1. The van der Waals surface area contributed by atoms with Crippen LogP contribution in [0.15, 0.2) is 85.1 Å². The van der Waals surface area contributed by atoms with E-state index in [-0.39, 0.29) is 11.9 Å². The fourth-order valence-electron chi connectivity index (χ4n) is 4.96. The molecule has 1 fully saturated rings. The molecule has 0 radical (unpaired) electrons. The van der Waals surface area contributed by atoms with E-state index in [1.165, 1.54) is 16.5 Å². The van der Waals surface area contributed by atoms with Crippen molar-refractivity contribution in [3.05, 3.63) is 112 Å². The largest absolute Gasteiger partial charge is 0.335 e. The van der Waals surface area contributed by atoms with Crippen LogP contribution in [0.5, 0.6) is 0 Å². The van der Waals surface area contributed by atoms with E-state index in [1.807, 2.05) is 41.4 Å². The second kappa shape index (κ2) is 10.8. The number of nitrogens with zero attached hydrogens (tertiary/aromatic N) is 2. The summed E-state index contributed by atoms with van der Waals surface area (Å²) >= 11 is 12.5. The zero-order valence-electron chi connectivity index (χ0n) is 19.3. The second-order valence-corrected chi connectivity index (χ2v) is 9.90. The number of benzene rings is 3. The lowest BCUT2D eigenvalue weighted by Gasteiger charge is -2.40. The molecule has 1 saturated heterocycles. The maximum Gasteiger partial charge on any atom is 0.255 e. The topological polar surface area (TPSA) is 45.2 Å². The van der Waals surface area contributed by atoms with Crippen LogP contribution >= 0.6 is 23.2 Å². The van der Waals surface area contributed by atoms with E-state index in [0.29, 0.717) is 28.2 Å². The number of rotatable bonds is 6. The molecule has 35 heavy (non-hydrogen) atoms. The van der Waals surface area contributed by atoms with Gasteiger partial charge in [0.15, 0.2) is 0 Å². The highest BCUT2D eigenvalue weighted by Crippen LogP contribution is 2.28. The van der Waals surface area contributed by atoms with Gasteiger partial charge in [-0.2, -0.15) is 0 Å². The van der Waals surface area contributed by atoms with Gasteiger partial charge in [-0.1, -0.05) is 71.7 Å². The molecule has 178 valence electrons. The van der Waals surface area contributed by atoms with Crippen molar-refractivity contribution >= 4 is 40.0 Å². The minimum Gasteiger partial charge on any atom is -0.335 e. The van der Waals surface area contributed by atoms with Crippen molar-refractivity contribution < 1.29 is 4.79 Å². The number of fused-ring (bicyclic) bond motifs is 1. The number of carbonyl (C=O) groups excluding carboxylic acids is 1. The molecule has 2 heterocycles. The standard InChI is InChI=1S/C29H27Cl2N3O/c30-22-10-11-26(27(31)17-22)29(35)34-15-13-23(18-24(34)16-20-6-2-1-3-7-20)33-19-21-12-14-32-28-9-5-4-8-25(21)28/h1-12,14,17,23-24,33H,13,15-16,18-19H2/t23-,24+/m0/s1. The van der Waals surface area contributed by atoms with Crippen molar-refractivity contribution in [2.45, 2.75) is 37.9 Å². The molecule has 1 amide bonds. The first-order valence-electron chi connectivity index (χ1n) is 11.9. The van der Waals surface area contributed by atoms with Gasteiger partial charge < -0.3 is 10.2 Å². The van der Waals surface area contributed by atoms with E-state index in [0.717, 1.165) is 31.3 Å². The minimum atomic E-state index is -0.0359. The molecule has 6 heteroatoms. The van der Waals surface area contributed by atoms with Gasteiger partial charge >= 0.3 is 0 Å². The van der Waals surface area contributed by atoms with Gasteiger partial charge in [0.1, 0.15) is 0 Å². The summed E-state index contributed by atoms with van der Waals surface area (Å²) in [6, 6.07) is 26.1. The molecule has 3 aromatic carbocycles. The zero-order chi connectivity index (χ0) is 24.2. The van der Waals surface area contributed by atoms with Crippen molar-refractivity contribution in [2.24, 2.45) is 0 Å². The number of para-hydroxylation sites is 1. The predicted octanol–water partition coefficient (Wildman–Crippen LogP) is 6.55. The summed E-state index contributed by atoms with van der Waals surface area (Å²) in [5, 5.41) is 5.85. The average molecular weight is 504 g/mol. The van der Waals surface area contributed by atoms with Gasteiger partial charge in [-0.25, -0.2) is 0 Å². The van der Waals surface area contributed by atoms with Crippen molar-refractivity contribution in [1.29, 1.82) is 0 Å². The Morgan fingerprint density at radius 2 is 1.80 bits per heavy atom. The van der Waals surface area contributed by atoms with Crippen LogP contribution in [0, 0.1) is 0 Å². The summed E-state index contributed by atoms with van der Waals surface area (Å²) in [4.78, 5) is 20.0. The number of hydrogen-bond acceptors (Lipinski definition) is 3. The number of carbonyl (C=O) groups is 1. The lowest BCUT2D eigenvalue weighted by Crippen LogP contribution is -2.51. The molecule has 0 spiro atoms. The van der Waals surface area contributed by atoms with Crippen molar-refractivity contribution in [2.75, 3.05) is 6.54 Å². The van der Waals surface area contributed by atoms with Gasteiger partial charge in [-0.3, -0.25) is 9.78 Å². The van der Waals surface area contributed by atoms with Crippen LogP contribution < -0.4 is 5.32 Å². The lowest BCUT2D eigenvalue weighted by molar-refractivity contribution is 0.0576. The third-order valence-electron chi connectivity index (χ3n) is 6.77. The van der Waals surface area contributed by atoms with Gasteiger partial charge in [-0.05, 0) is 60.7 Å². The SMILES string of the molecule is O=C(c1ccc(Cl)cc1Cl)N1CC[C@H](NCc2ccnc3ccccc23)C[C@H]1Cc1ccccc1. The Morgan fingerprint density at radius 1 is 1.00 bits per heavy atom. The van der Waals surface area contributed by atoms with E-state index < -0.39 is 0 Å².